The van der Waals surface area contributed by atoms with Crippen LogP contribution in [0.2, 0.25) is 10.0 Å². The molecule has 2 aromatic heterocycles. The van der Waals surface area contributed by atoms with Crippen LogP contribution in [0.25, 0.3) is 22.5 Å². The van der Waals surface area contributed by atoms with E-state index in [9.17, 15) is 45.8 Å². The summed E-state index contributed by atoms with van der Waals surface area (Å²) in [5.74, 6) is -0.967. The minimum atomic E-state index is -3.84. The summed E-state index contributed by atoms with van der Waals surface area (Å²) >= 11 is 14.4. The molecule has 4 aromatic carbocycles. The van der Waals surface area contributed by atoms with Gasteiger partial charge in [0.05, 0.1) is 36.0 Å². The smallest absolute Gasteiger partial charge is 0.270 e. The monoisotopic (exact) mass is 964 g/mol. The Morgan fingerprint density at radius 1 is 0.597 bits per heavy atom. The number of benzene rings is 4. The van der Waals surface area contributed by atoms with Gasteiger partial charge in [0.15, 0.2) is 10.3 Å². The molecule has 0 N–H and O–H groups in total. The molecule has 0 amide bonds. The molecule has 8 rings (SSSR count). The third-order valence-electron chi connectivity index (χ3n) is 9.71. The van der Waals surface area contributed by atoms with Crippen LogP contribution in [0, 0.1) is 31.9 Å². The van der Waals surface area contributed by atoms with Crippen molar-refractivity contribution >= 4 is 87.6 Å². The van der Waals surface area contributed by atoms with Gasteiger partial charge in [0, 0.05) is 104 Å². The molecule has 24 heteroatoms. The molecule has 2 aliphatic rings. The molecule has 4 heterocycles. The van der Waals surface area contributed by atoms with Crippen LogP contribution in [0.3, 0.4) is 0 Å². The average molecular weight is 966 g/mol. The fourth-order valence-corrected chi connectivity index (χ4v) is 11.5. The standard InChI is InChI=1S/2C19H16ClFN4O4S2/c20-14-8-13(9-15(21)10-14)18-12-30-19(22-18)23-4-6-24(7-5-23)31(28,29)17-3-1-2-16(11-17)25(26)27;20-16-5-4-13(10-17(16)21)18-12-30-19(22-18)23-6-8-24(9-7-23)31(28,29)15-3-1-2-14(11-15)25(26)27/h1-3,8-12H,4-7H2;1-5,10-12H,6-9H2. The van der Waals surface area contributed by atoms with E-state index in [0.29, 0.717) is 59.0 Å². The zero-order valence-corrected chi connectivity index (χ0v) is 36.7. The normalized spacial score (nSPS) is 15.2. The molecule has 0 bridgehead atoms. The third kappa shape index (κ3) is 10.0. The van der Waals surface area contributed by atoms with Crippen molar-refractivity contribution in [3.63, 3.8) is 0 Å². The fraction of sp³-hybridized carbons (Fsp3) is 0.211. The van der Waals surface area contributed by atoms with Crippen LogP contribution in [-0.4, -0.2) is 97.6 Å². The van der Waals surface area contributed by atoms with E-state index in [-0.39, 0.29) is 57.4 Å². The molecule has 6 aromatic rings. The van der Waals surface area contributed by atoms with Gasteiger partial charge in [0.25, 0.3) is 11.4 Å². The van der Waals surface area contributed by atoms with Gasteiger partial charge in [-0.1, -0.05) is 41.4 Å². The topological polar surface area (TPSA) is 193 Å². The van der Waals surface area contributed by atoms with Crippen molar-refractivity contribution in [2.45, 2.75) is 9.79 Å². The Hall–Kier alpha value is -5.20. The van der Waals surface area contributed by atoms with E-state index in [2.05, 4.69) is 9.97 Å². The first-order valence-electron chi connectivity index (χ1n) is 18.3. The second-order valence-electron chi connectivity index (χ2n) is 13.6. The summed E-state index contributed by atoms with van der Waals surface area (Å²) in [7, 11) is -7.68. The number of sulfonamides is 2. The molecule has 0 unspecified atom stereocenters. The predicted octanol–water partition coefficient (Wildman–Crippen LogP) is 8.04. The second kappa shape index (κ2) is 18.6. The molecule has 0 radical (unpaired) electrons. The van der Waals surface area contributed by atoms with Gasteiger partial charge in [-0.15, -0.1) is 22.7 Å². The van der Waals surface area contributed by atoms with Crippen LogP contribution in [0.1, 0.15) is 0 Å². The lowest BCUT2D eigenvalue weighted by atomic mass is 10.2. The minimum absolute atomic E-state index is 0.0419. The Morgan fingerprint density at radius 2 is 1.06 bits per heavy atom. The van der Waals surface area contributed by atoms with Crippen LogP contribution in [-0.2, 0) is 20.0 Å². The van der Waals surface area contributed by atoms with Gasteiger partial charge in [0.1, 0.15) is 11.6 Å². The van der Waals surface area contributed by atoms with E-state index in [0.717, 1.165) is 12.1 Å². The number of anilines is 2. The lowest BCUT2D eigenvalue weighted by Gasteiger charge is -2.33. The summed E-state index contributed by atoms with van der Waals surface area (Å²) in [5.41, 5.74) is 1.84. The van der Waals surface area contributed by atoms with Crippen molar-refractivity contribution in [3.8, 4) is 22.5 Å². The Kier molecular flexibility index (Phi) is 13.5. The minimum Gasteiger partial charge on any atom is -0.345 e. The van der Waals surface area contributed by atoms with Gasteiger partial charge in [-0.05, 0) is 42.5 Å². The van der Waals surface area contributed by atoms with Gasteiger partial charge in [-0.25, -0.2) is 35.6 Å². The molecular formula is C38H32Cl2F2N8O8S4. The molecule has 2 aliphatic heterocycles. The number of non-ortho nitro benzene ring substituents is 2. The first kappa shape index (κ1) is 44.8. The maximum atomic E-state index is 13.7. The molecule has 0 saturated carbocycles. The molecular weight excluding hydrogens is 934 g/mol. The van der Waals surface area contributed by atoms with Crippen molar-refractivity contribution in [2.75, 3.05) is 62.2 Å². The van der Waals surface area contributed by atoms with E-state index in [4.69, 9.17) is 23.2 Å². The second-order valence-corrected chi connectivity index (χ2v) is 20.0. The highest BCUT2D eigenvalue weighted by atomic mass is 35.5. The zero-order chi connectivity index (χ0) is 44.3. The number of aromatic nitrogens is 2. The summed E-state index contributed by atoms with van der Waals surface area (Å²) in [6.07, 6.45) is 0. The highest BCUT2D eigenvalue weighted by molar-refractivity contribution is 7.89. The molecule has 2 fully saturated rings. The van der Waals surface area contributed by atoms with E-state index in [1.807, 2.05) is 15.2 Å². The van der Waals surface area contributed by atoms with Gasteiger partial charge >= 0.3 is 0 Å². The van der Waals surface area contributed by atoms with Crippen LogP contribution in [0.15, 0.2) is 105 Å². The Balaban J connectivity index is 0.000000186. The maximum Gasteiger partial charge on any atom is 0.270 e. The summed E-state index contributed by atoms with van der Waals surface area (Å²) < 4.78 is 81.5. The lowest BCUT2D eigenvalue weighted by molar-refractivity contribution is -0.385. The molecule has 0 aliphatic carbocycles. The fourth-order valence-electron chi connectivity index (χ4n) is 6.49. The number of hydrogen-bond acceptors (Lipinski definition) is 14. The molecule has 62 heavy (non-hydrogen) atoms. The number of piperazine rings is 2. The van der Waals surface area contributed by atoms with Crippen LogP contribution in [0.4, 0.5) is 30.4 Å². The molecule has 2 saturated heterocycles. The predicted molar refractivity (Wildman–Crippen MR) is 233 cm³/mol. The lowest BCUT2D eigenvalue weighted by Crippen LogP contribution is -2.48. The Labute approximate surface area is 371 Å². The van der Waals surface area contributed by atoms with Crippen LogP contribution >= 0.6 is 45.9 Å². The molecule has 16 nitrogen and oxygen atoms in total. The Bertz CT molecular complexity index is 2850. The SMILES string of the molecule is O=[N+]([O-])c1cccc(S(=O)(=O)N2CCN(c3nc(-c4cc(F)cc(Cl)c4)cs3)CC2)c1.O=[N+]([O-])c1cccc(S(=O)(=O)N2CCN(c3nc(-c4ccc(Cl)c(F)c4)cs3)CC2)c1. The maximum absolute atomic E-state index is 13.7. The zero-order valence-electron chi connectivity index (χ0n) is 31.9. The number of nitro benzene ring substituents is 2. The highest BCUT2D eigenvalue weighted by Gasteiger charge is 2.32. The number of rotatable bonds is 10. The first-order valence-corrected chi connectivity index (χ1v) is 23.7. The van der Waals surface area contributed by atoms with Gasteiger partial charge in [0.2, 0.25) is 20.0 Å². The number of halogens is 4. The van der Waals surface area contributed by atoms with Gasteiger partial charge in [-0.2, -0.15) is 8.61 Å². The van der Waals surface area contributed by atoms with Crippen molar-refractivity contribution in [1.29, 1.82) is 0 Å². The molecule has 0 spiro atoms. The number of thiazole rings is 2. The van der Waals surface area contributed by atoms with Gasteiger partial charge < -0.3 is 9.80 Å². The van der Waals surface area contributed by atoms with E-state index >= 15 is 0 Å². The van der Waals surface area contributed by atoms with Gasteiger partial charge in [-0.3, -0.25) is 20.2 Å². The van der Waals surface area contributed by atoms with Crippen LogP contribution in [0.5, 0.6) is 0 Å². The molecule has 0 atom stereocenters. The first-order chi connectivity index (χ1) is 29.5. The number of nitrogens with zero attached hydrogens (tertiary/aromatic N) is 8. The quantitative estimate of drug-likeness (QED) is 0.0949. The van der Waals surface area contributed by atoms with E-state index < -0.39 is 41.5 Å². The Morgan fingerprint density at radius 3 is 1.50 bits per heavy atom. The van der Waals surface area contributed by atoms with E-state index in [1.165, 1.54) is 91.9 Å². The van der Waals surface area contributed by atoms with E-state index in [1.54, 1.807) is 17.5 Å². The van der Waals surface area contributed by atoms with Crippen molar-refractivity contribution < 1.29 is 35.5 Å². The van der Waals surface area contributed by atoms with Crippen molar-refractivity contribution in [2.24, 2.45) is 0 Å². The molecule has 324 valence electrons. The van der Waals surface area contributed by atoms with Crippen LogP contribution < -0.4 is 9.80 Å². The summed E-state index contributed by atoms with van der Waals surface area (Å²) in [5, 5.41) is 27.2. The number of hydrogen-bond donors (Lipinski definition) is 0. The van der Waals surface area contributed by atoms with Crippen molar-refractivity contribution in [3.05, 3.63) is 138 Å². The number of nitro groups is 2. The van der Waals surface area contributed by atoms with Crippen molar-refractivity contribution in [1.82, 2.24) is 18.6 Å². The average Bonchev–Trinajstić information content (AvgIpc) is 3.97. The largest absolute Gasteiger partial charge is 0.345 e. The summed E-state index contributed by atoms with van der Waals surface area (Å²) in [4.78, 5) is 33.5. The summed E-state index contributed by atoms with van der Waals surface area (Å²) in [6, 6.07) is 18.8. The summed E-state index contributed by atoms with van der Waals surface area (Å²) in [6.45, 7) is 2.50. The third-order valence-corrected chi connectivity index (χ3v) is 15.8. The highest BCUT2D eigenvalue weighted by Crippen LogP contribution is 2.33.